The molecular weight excluding hydrogens is 388 g/mol. The minimum atomic E-state index is -3.57. The summed E-state index contributed by atoms with van der Waals surface area (Å²) in [5, 5.41) is 2.86. The number of aryl methyl sites for hydroxylation is 2. The molecule has 2 amide bonds. The SMILES string of the molecule is Cc1cccc(C)c1NC(=O)CN(C)C(=O)c1ccc(Cl)c(S(C)(=O)=O)c1. The predicted molar refractivity (Wildman–Crippen MR) is 106 cm³/mol. The fourth-order valence-electron chi connectivity index (χ4n) is 2.62. The van der Waals surface area contributed by atoms with Crippen molar-refractivity contribution >= 4 is 38.9 Å². The summed E-state index contributed by atoms with van der Waals surface area (Å²) < 4.78 is 23.5. The van der Waals surface area contributed by atoms with Gasteiger partial charge in [-0.25, -0.2) is 8.42 Å². The minimum absolute atomic E-state index is 0.0458. The van der Waals surface area contributed by atoms with Crippen molar-refractivity contribution in [2.45, 2.75) is 18.7 Å². The highest BCUT2D eigenvalue weighted by atomic mass is 35.5. The summed E-state index contributed by atoms with van der Waals surface area (Å²) >= 11 is 5.90. The number of carbonyl (C=O) groups excluding carboxylic acids is 2. The van der Waals surface area contributed by atoms with E-state index in [4.69, 9.17) is 11.6 Å². The summed E-state index contributed by atoms with van der Waals surface area (Å²) in [6, 6.07) is 9.68. The second-order valence-corrected chi connectivity index (χ2v) is 8.78. The van der Waals surface area contributed by atoms with Crippen LogP contribution in [-0.4, -0.2) is 45.0 Å². The van der Waals surface area contributed by atoms with Crippen LogP contribution in [0.25, 0.3) is 0 Å². The highest BCUT2D eigenvalue weighted by Crippen LogP contribution is 2.23. The Morgan fingerprint density at radius 1 is 1.11 bits per heavy atom. The molecule has 0 saturated heterocycles. The Hall–Kier alpha value is -2.38. The lowest BCUT2D eigenvalue weighted by molar-refractivity contribution is -0.116. The number of rotatable bonds is 5. The van der Waals surface area contributed by atoms with Gasteiger partial charge in [0.1, 0.15) is 0 Å². The normalized spacial score (nSPS) is 11.1. The van der Waals surface area contributed by atoms with Crippen LogP contribution >= 0.6 is 11.6 Å². The lowest BCUT2D eigenvalue weighted by Gasteiger charge is -2.18. The molecule has 6 nitrogen and oxygen atoms in total. The summed E-state index contributed by atoms with van der Waals surface area (Å²) in [6.45, 7) is 3.60. The third kappa shape index (κ3) is 5.08. The maximum Gasteiger partial charge on any atom is 0.254 e. The van der Waals surface area contributed by atoms with E-state index in [0.29, 0.717) is 5.69 Å². The number of amides is 2. The number of sulfone groups is 1. The van der Waals surface area contributed by atoms with E-state index < -0.39 is 15.7 Å². The van der Waals surface area contributed by atoms with Crippen molar-refractivity contribution in [3.63, 3.8) is 0 Å². The zero-order valence-electron chi connectivity index (χ0n) is 15.5. The van der Waals surface area contributed by atoms with Crippen LogP contribution in [0, 0.1) is 13.8 Å². The molecular formula is C19H21ClN2O4S. The van der Waals surface area contributed by atoms with Crippen LogP contribution in [0.3, 0.4) is 0 Å². The van der Waals surface area contributed by atoms with Gasteiger partial charge in [0, 0.05) is 24.6 Å². The molecule has 8 heteroatoms. The first-order chi connectivity index (χ1) is 12.5. The van der Waals surface area contributed by atoms with Gasteiger partial charge < -0.3 is 10.2 Å². The fourth-order valence-corrected chi connectivity index (χ4v) is 3.92. The van der Waals surface area contributed by atoms with Gasteiger partial charge in [0.2, 0.25) is 5.91 Å². The van der Waals surface area contributed by atoms with Gasteiger partial charge in [-0.2, -0.15) is 0 Å². The number of benzene rings is 2. The molecule has 0 radical (unpaired) electrons. The number of hydrogen-bond donors (Lipinski definition) is 1. The number of carbonyl (C=O) groups is 2. The van der Waals surface area contributed by atoms with Crippen LogP contribution in [0.1, 0.15) is 21.5 Å². The van der Waals surface area contributed by atoms with Crippen molar-refractivity contribution in [2.75, 3.05) is 25.2 Å². The monoisotopic (exact) mass is 408 g/mol. The highest BCUT2D eigenvalue weighted by Gasteiger charge is 2.20. The molecule has 0 atom stereocenters. The summed E-state index contributed by atoms with van der Waals surface area (Å²) in [5.74, 6) is -0.825. The largest absolute Gasteiger partial charge is 0.332 e. The Morgan fingerprint density at radius 3 is 2.26 bits per heavy atom. The number of nitrogens with zero attached hydrogens (tertiary/aromatic N) is 1. The lowest BCUT2D eigenvalue weighted by Crippen LogP contribution is -2.35. The van der Waals surface area contributed by atoms with Crippen molar-refractivity contribution in [1.82, 2.24) is 4.90 Å². The maximum atomic E-state index is 12.6. The number of anilines is 1. The van der Waals surface area contributed by atoms with Crippen LogP contribution in [0.4, 0.5) is 5.69 Å². The molecule has 1 N–H and O–H groups in total. The number of hydrogen-bond acceptors (Lipinski definition) is 4. The first-order valence-corrected chi connectivity index (χ1v) is 10.4. The smallest absolute Gasteiger partial charge is 0.254 e. The second kappa shape index (κ2) is 8.10. The Bertz CT molecular complexity index is 983. The molecule has 0 fully saturated rings. The summed E-state index contributed by atoms with van der Waals surface area (Å²) in [7, 11) is -2.10. The second-order valence-electron chi connectivity index (χ2n) is 6.39. The van der Waals surface area contributed by atoms with Crippen molar-refractivity contribution in [2.24, 2.45) is 0 Å². The Labute approximate surface area is 164 Å². The molecule has 0 aliphatic carbocycles. The van der Waals surface area contributed by atoms with Gasteiger partial charge in [0.25, 0.3) is 5.91 Å². The number of likely N-dealkylation sites (N-methyl/N-ethyl adjacent to an activating group) is 1. The standard InChI is InChI=1S/C19H21ClN2O4S/c1-12-6-5-7-13(2)18(12)21-17(23)11-22(3)19(24)14-8-9-15(20)16(10-14)27(4,25)26/h5-10H,11H2,1-4H3,(H,21,23). The Balaban J connectivity index is 2.15. The molecule has 2 aromatic carbocycles. The van der Waals surface area contributed by atoms with Crippen molar-refractivity contribution < 1.29 is 18.0 Å². The average molecular weight is 409 g/mol. The maximum absolute atomic E-state index is 12.6. The highest BCUT2D eigenvalue weighted by molar-refractivity contribution is 7.90. The third-order valence-corrected chi connectivity index (χ3v) is 5.63. The van der Waals surface area contributed by atoms with Crippen LogP contribution in [0.15, 0.2) is 41.3 Å². The van der Waals surface area contributed by atoms with Crippen molar-refractivity contribution in [1.29, 1.82) is 0 Å². The van der Waals surface area contributed by atoms with Crippen LogP contribution < -0.4 is 5.32 Å². The zero-order chi connectivity index (χ0) is 20.4. The van der Waals surface area contributed by atoms with E-state index in [1.807, 2.05) is 32.0 Å². The molecule has 0 bridgehead atoms. The van der Waals surface area contributed by atoms with Crippen LogP contribution in [0.5, 0.6) is 0 Å². The summed E-state index contributed by atoms with van der Waals surface area (Å²) in [6.07, 6.45) is 1.02. The summed E-state index contributed by atoms with van der Waals surface area (Å²) in [5.41, 5.74) is 2.71. The van der Waals surface area contributed by atoms with E-state index >= 15 is 0 Å². The van der Waals surface area contributed by atoms with Crippen LogP contribution in [-0.2, 0) is 14.6 Å². The Morgan fingerprint density at radius 2 is 1.70 bits per heavy atom. The minimum Gasteiger partial charge on any atom is -0.332 e. The molecule has 0 heterocycles. The molecule has 27 heavy (non-hydrogen) atoms. The number of nitrogens with one attached hydrogen (secondary N) is 1. The van der Waals surface area contributed by atoms with Gasteiger partial charge in [0.15, 0.2) is 9.84 Å². The molecule has 2 rings (SSSR count). The predicted octanol–water partition coefficient (Wildman–Crippen LogP) is 3.07. The van der Waals surface area contributed by atoms with E-state index in [2.05, 4.69) is 5.32 Å². The molecule has 0 aliphatic rings. The van der Waals surface area contributed by atoms with Gasteiger partial charge in [-0.3, -0.25) is 9.59 Å². The average Bonchev–Trinajstić information content (AvgIpc) is 2.57. The molecule has 0 aromatic heterocycles. The molecule has 2 aromatic rings. The van der Waals surface area contributed by atoms with Gasteiger partial charge in [-0.05, 0) is 43.2 Å². The number of halogens is 1. The van der Waals surface area contributed by atoms with E-state index in [1.165, 1.54) is 30.1 Å². The first kappa shape index (κ1) is 20.9. The van der Waals surface area contributed by atoms with E-state index in [1.54, 1.807) is 0 Å². The van der Waals surface area contributed by atoms with Crippen LogP contribution in [0.2, 0.25) is 5.02 Å². The van der Waals surface area contributed by atoms with Gasteiger partial charge in [-0.1, -0.05) is 29.8 Å². The fraction of sp³-hybridized carbons (Fsp3) is 0.263. The van der Waals surface area contributed by atoms with Gasteiger partial charge in [-0.15, -0.1) is 0 Å². The lowest BCUT2D eigenvalue weighted by atomic mass is 10.1. The van der Waals surface area contributed by atoms with Gasteiger partial charge in [0.05, 0.1) is 16.5 Å². The molecule has 0 saturated carbocycles. The topological polar surface area (TPSA) is 83.6 Å². The van der Waals surface area contributed by atoms with E-state index in [-0.39, 0.29) is 27.9 Å². The van der Waals surface area contributed by atoms with Crippen molar-refractivity contribution in [3.05, 3.63) is 58.1 Å². The Kier molecular flexibility index (Phi) is 6.28. The summed E-state index contributed by atoms with van der Waals surface area (Å²) in [4.78, 5) is 26.0. The first-order valence-electron chi connectivity index (χ1n) is 8.12. The molecule has 144 valence electrons. The zero-order valence-corrected chi connectivity index (χ0v) is 17.1. The molecule has 0 spiro atoms. The van der Waals surface area contributed by atoms with Crippen molar-refractivity contribution in [3.8, 4) is 0 Å². The number of para-hydroxylation sites is 1. The van der Waals surface area contributed by atoms with Gasteiger partial charge >= 0.3 is 0 Å². The third-order valence-electron chi connectivity index (χ3n) is 4.05. The molecule has 0 unspecified atom stereocenters. The quantitative estimate of drug-likeness (QED) is 0.824. The van der Waals surface area contributed by atoms with E-state index in [0.717, 1.165) is 17.4 Å². The molecule has 0 aliphatic heterocycles. The van der Waals surface area contributed by atoms with E-state index in [9.17, 15) is 18.0 Å².